The van der Waals surface area contributed by atoms with E-state index in [1.165, 1.54) is 0 Å². The number of carbonyl (C=O) groups excluding carboxylic acids is 2. The molecule has 0 bridgehead atoms. The second kappa shape index (κ2) is 8.56. The summed E-state index contributed by atoms with van der Waals surface area (Å²) in [7, 11) is 3.17. The third-order valence-corrected chi connectivity index (χ3v) is 5.71. The highest BCUT2D eigenvalue weighted by Gasteiger charge is 2.35. The van der Waals surface area contributed by atoms with Crippen molar-refractivity contribution >= 4 is 35.0 Å². The summed E-state index contributed by atoms with van der Waals surface area (Å²) in [5.41, 5.74) is 2.43. The van der Waals surface area contributed by atoms with Gasteiger partial charge in [0, 0.05) is 17.7 Å². The third-order valence-electron chi connectivity index (χ3n) is 4.50. The number of amides is 2. The minimum absolute atomic E-state index is 0.0238. The molecule has 2 aromatic rings. The Labute approximate surface area is 169 Å². The highest BCUT2D eigenvalue weighted by molar-refractivity contribution is 8.00. The largest absolute Gasteiger partial charge is 0.497 e. The van der Waals surface area contributed by atoms with Crippen molar-refractivity contribution in [3.8, 4) is 11.5 Å². The Morgan fingerprint density at radius 3 is 2.46 bits per heavy atom. The van der Waals surface area contributed by atoms with Crippen LogP contribution in [0.1, 0.15) is 24.8 Å². The molecule has 0 spiro atoms. The Hall–Kier alpha value is -2.67. The van der Waals surface area contributed by atoms with Crippen molar-refractivity contribution in [1.29, 1.82) is 0 Å². The van der Waals surface area contributed by atoms with Crippen LogP contribution in [-0.4, -0.2) is 31.8 Å². The van der Waals surface area contributed by atoms with Crippen molar-refractivity contribution in [3.63, 3.8) is 0 Å². The predicted molar refractivity (Wildman–Crippen MR) is 112 cm³/mol. The molecule has 3 rings (SSSR count). The maximum Gasteiger partial charge on any atom is 0.238 e. The predicted octanol–water partition coefficient (Wildman–Crippen LogP) is 4.08. The summed E-state index contributed by atoms with van der Waals surface area (Å²) in [6.45, 7) is 3.70. The first-order chi connectivity index (χ1) is 13.4. The van der Waals surface area contributed by atoms with Gasteiger partial charge in [0.15, 0.2) is 0 Å². The van der Waals surface area contributed by atoms with Crippen LogP contribution in [0.25, 0.3) is 0 Å². The Balaban J connectivity index is 1.88. The fourth-order valence-corrected chi connectivity index (χ4v) is 4.10. The molecular weight excluding hydrogens is 376 g/mol. The Kier molecular flexibility index (Phi) is 6.14. The van der Waals surface area contributed by atoms with Gasteiger partial charge in [-0.2, -0.15) is 0 Å². The fraction of sp³-hybridized carbons (Fsp3) is 0.333. The number of methoxy groups -OCH3 is 2. The first-order valence-corrected chi connectivity index (χ1v) is 10.1. The van der Waals surface area contributed by atoms with Crippen molar-refractivity contribution < 1.29 is 19.1 Å². The molecule has 1 aliphatic heterocycles. The van der Waals surface area contributed by atoms with E-state index in [0.29, 0.717) is 22.9 Å². The molecule has 1 saturated heterocycles. The minimum atomic E-state index is -0.162. The number of anilines is 2. The third kappa shape index (κ3) is 4.09. The molecule has 0 aliphatic carbocycles. The number of hydrogen-bond donors (Lipinski definition) is 1. The van der Waals surface area contributed by atoms with Gasteiger partial charge in [0.25, 0.3) is 0 Å². The SMILES string of the molecule is COc1ccc(N2C(=O)CSC2c2ccc(NC(=O)C(C)C)cc2)c(OC)c1. The molecule has 0 saturated carbocycles. The first kappa shape index (κ1) is 20.1. The maximum absolute atomic E-state index is 12.6. The average Bonchev–Trinajstić information content (AvgIpc) is 3.09. The molecule has 28 heavy (non-hydrogen) atoms. The lowest BCUT2D eigenvalue weighted by atomic mass is 10.1. The quantitative estimate of drug-likeness (QED) is 0.791. The molecule has 0 radical (unpaired) electrons. The van der Waals surface area contributed by atoms with Crippen LogP contribution >= 0.6 is 11.8 Å². The lowest BCUT2D eigenvalue weighted by Crippen LogP contribution is -2.28. The van der Waals surface area contributed by atoms with E-state index in [1.54, 1.807) is 36.9 Å². The van der Waals surface area contributed by atoms with Crippen molar-refractivity contribution in [2.75, 3.05) is 30.2 Å². The summed E-state index contributed by atoms with van der Waals surface area (Å²) >= 11 is 1.56. The van der Waals surface area contributed by atoms with Crippen LogP contribution in [0, 0.1) is 5.92 Å². The van der Waals surface area contributed by atoms with Gasteiger partial charge in [-0.1, -0.05) is 26.0 Å². The number of rotatable bonds is 6. The van der Waals surface area contributed by atoms with Crippen LogP contribution in [0.2, 0.25) is 0 Å². The molecule has 2 amide bonds. The monoisotopic (exact) mass is 400 g/mol. The van der Waals surface area contributed by atoms with Crippen LogP contribution in [-0.2, 0) is 9.59 Å². The van der Waals surface area contributed by atoms with Gasteiger partial charge in [-0.05, 0) is 29.8 Å². The molecule has 1 fully saturated rings. The number of thioether (sulfide) groups is 1. The molecule has 148 valence electrons. The molecule has 0 aromatic heterocycles. The van der Waals surface area contributed by atoms with Crippen LogP contribution in [0.15, 0.2) is 42.5 Å². The summed E-state index contributed by atoms with van der Waals surface area (Å²) in [4.78, 5) is 26.2. The van der Waals surface area contributed by atoms with Gasteiger partial charge in [-0.25, -0.2) is 0 Å². The number of carbonyl (C=O) groups is 2. The van der Waals surface area contributed by atoms with Gasteiger partial charge in [0.05, 0.1) is 25.7 Å². The van der Waals surface area contributed by atoms with Crippen LogP contribution in [0.3, 0.4) is 0 Å². The van der Waals surface area contributed by atoms with Crippen LogP contribution < -0.4 is 19.7 Å². The highest BCUT2D eigenvalue weighted by Crippen LogP contribution is 2.45. The summed E-state index contributed by atoms with van der Waals surface area (Å²) in [5.74, 6) is 1.56. The topological polar surface area (TPSA) is 67.9 Å². The standard InChI is InChI=1S/C21H24N2O4S/c1-13(2)20(25)22-15-7-5-14(6-8-15)21-23(19(24)12-28-21)17-10-9-16(26-3)11-18(17)27-4/h5-11,13,21H,12H2,1-4H3,(H,22,25). The molecular formula is C21H24N2O4S. The Morgan fingerprint density at radius 2 is 1.86 bits per heavy atom. The zero-order chi connectivity index (χ0) is 20.3. The molecule has 1 aliphatic rings. The van der Waals surface area contributed by atoms with Gasteiger partial charge in [-0.3, -0.25) is 14.5 Å². The van der Waals surface area contributed by atoms with Crippen molar-refractivity contribution in [2.45, 2.75) is 19.2 Å². The lowest BCUT2D eigenvalue weighted by molar-refractivity contribution is -0.119. The minimum Gasteiger partial charge on any atom is -0.497 e. The number of hydrogen-bond acceptors (Lipinski definition) is 5. The molecule has 1 N–H and O–H groups in total. The molecule has 1 heterocycles. The van der Waals surface area contributed by atoms with Gasteiger partial charge in [0.2, 0.25) is 11.8 Å². The normalized spacial score (nSPS) is 16.4. The lowest BCUT2D eigenvalue weighted by Gasteiger charge is -2.26. The second-order valence-corrected chi connectivity index (χ2v) is 7.80. The van der Waals surface area contributed by atoms with Crippen molar-refractivity contribution in [2.24, 2.45) is 5.92 Å². The molecule has 1 atom stereocenters. The van der Waals surface area contributed by atoms with Crippen LogP contribution in [0.4, 0.5) is 11.4 Å². The van der Waals surface area contributed by atoms with E-state index in [2.05, 4.69) is 5.32 Å². The zero-order valence-corrected chi connectivity index (χ0v) is 17.2. The van der Waals surface area contributed by atoms with E-state index < -0.39 is 0 Å². The van der Waals surface area contributed by atoms with Crippen molar-refractivity contribution in [3.05, 3.63) is 48.0 Å². The Bertz CT molecular complexity index is 867. The summed E-state index contributed by atoms with van der Waals surface area (Å²) in [6, 6.07) is 13.0. The second-order valence-electron chi connectivity index (χ2n) is 6.73. The average molecular weight is 401 g/mol. The number of benzene rings is 2. The van der Waals surface area contributed by atoms with Gasteiger partial charge in [0.1, 0.15) is 16.9 Å². The van der Waals surface area contributed by atoms with Crippen LogP contribution in [0.5, 0.6) is 11.5 Å². The van der Waals surface area contributed by atoms with E-state index in [9.17, 15) is 9.59 Å². The van der Waals surface area contributed by atoms with E-state index in [1.807, 2.05) is 50.2 Å². The van der Waals surface area contributed by atoms with Gasteiger partial charge in [-0.15, -0.1) is 11.8 Å². The van der Waals surface area contributed by atoms with E-state index in [-0.39, 0.29) is 23.1 Å². The molecule has 6 nitrogen and oxygen atoms in total. The molecule has 7 heteroatoms. The van der Waals surface area contributed by atoms with E-state index in [0.717, 1.165) is 11.3 Å². The molecule has 1 unspecified atom stereocenters. The van der Waals surface area contributed by atoms with E-state index in [4.69, 9.17) is 9.47 Å². The highest BCUT2D eigenvalue weighted by atomic mass is 32.2. The summed E-state index contributed by atoms with van der Waals surface area (Å²) in [6.07, 6.45) is 0. The van der Waals surface area contributed by atoms with Gasteiger partial charge < -0.3 is 14.8 Å². The summed E-state index contributed by atoms with van der Waals surface area (Å²) in [5, 5.41) is 2.72. The number of nitrogens with zero attached hydrogens (tertiary/aromatic N) is 1. The fourth-order valence-electron chi connectivity index (χ4n) is 2.93. The maximum atomic E-state index is 12.6. The first-order valence-electron chi connectivity index (χ1n) is 9.01. The van der Waals surface area contributed by atoms with Gasteiger partial charge >= 0.3 is 0 Å². The Morgan fingerprint density at radius 1 is 1.14 bits per heavy atom. The smallest absolute Gasteiger partial charge is 0.238 e. The molecule has 2 aromatic carbocycles. The zero-order valence-electron chi connectivity index (χ0n) is 16.4. The van der Waals surface area contributed by atoms with Crippen molar-refractivity contribution in [1.82, 2.24) is 0 Å². The number of nitrogens with one attached hydrogen (secondary N) is 1. The van der Waals surface area contributed by atoms with E-state index >= 15 is 0 Å². The number of ether oxygens (including phenoxy) is 2. The summed E-state index contributed by atoms with van der Waals surface area (Å²) < 4.78 is 10.7.